The third-order valence-electron chi connectivity index (χ3n) is 4.80. The molecule has 0 saturated heterocycles. The van der Waals surface area contributed by atoms with Crippen molar-refractivity contribution in [1.82, 2.24) is 0 Å². The van der Waals surface area contributed by atoms with Crippen molar-refractivity contribution < 1.29 is 133 Å². The second kappa shape index (κ2) is 20.4. The zero-order chi connectivity index (χ0) is 28.4. The third-order valence-corrected chi connectivity index (χ3v) is 7.48. The molecule has 3 aromatic carbocycles. The van der Waals surface area contributed by atoms with Crippen LogP contribution in [0.1, 0.15) is 0 Å². The number of nitrogens with zero attached hydrogens (tertiary/aromatic N) is 4. The Morgan fingerprint density at radius 3 is 2.33 bits per heavy atom. The second-order valence-electron chi connectivity index (χ2n) is 7.03. The number of phenols is 2. The molecule has 0 heterocycles. The van der Waals surface area contributed by atoms with Crippen LogP contribution in [0.2, 0.25) is 0 Å². The molecular formula is C20H18CuN4Na2O12S3. The minimum Gasteiger partial charge on any atom is -0.691 e. The van der Waals surface area contributed by atoms with Crippen molar-refractivity contribution in [2.75, 3.05) is 26.5 Å². The minimum atomic E-state index is -4.04. The van der Waals surface area contributed by atoms with E-state index < -0.39 is 21.3 Å². The Balaban J connectivity index is 0.00000560. The van der Waals surface area contributed by atoms with Crippen LogP contribution in [0, 0.1) is 0 Å². The molecule has 0 fully saturated rings. The van der Waals surface area contributed by atoms with Crippen LogP contribution in [0.5, 0.6) is 17.2 Å². The zero-order valence-corrected chi connectivity index (χ0v) is 29.6. The Morgan fingerprint density at radius 1 is 0.976 bits per heavy atom. The summed E-state index contributed by atoms with van der Waals surface area (Å²) in [5.41, 5.74) is 0.0601. The van der Waals surface area contributed by atoms with Gasteiger partial charge in [0, 0.05) is 41.6 Å². The van der Waals surface area contributed by atoms with Gasteiger partial charge < -0.3 is 25.5 Å². The SMILES string of the molecule is CN=Nc1ccc2cc(SOO[O-])c(N=Nc3cc(OC)c(S(=O)(=O)CCOSOO[O-])cc3O)c(O)c2c1.[Cu].[Na+].[Na+]. The van der Waals surface area contributed by atoms with Crippen molar-refractivity contribution in [1.29, 1.82) is 0 Å². The summed E-state index contributed by atoms with van der Waals surface area (Å²) < 4.78 is 43.5. The van der Waals surface area contributed by atoms with Crippen LogP contribution >= 0.6 is 24.4 Å². The Bertz CT molecular complexity index is 1490. The second-order valence-corrected chi connectivity index (χ2v) is 10.4. The van der Waals surface area contributed by atoms with Crippen molar-refractivity contribution in [2.45, 2.75) is 9.79 Å². The quantitative estimate of drug-likeness (QED) is 0.0430. The van der Waals surface area contributed by atoms with Gasteiger partial charge in [-0.3, -0.25) is 14.3 Å². The molecule has 2 N–H and O–H groups in total. The standard InChI is InChI=1S/C20H20N4O12S3.Cu.2Na/c1-21-22-12-4-3-11-7-17(37-35-33-27)19(20(26)13(11)8-12)24-23-14-9-16(31-2)18(10-15(14)25)39(29,30)6-5-32-38-36-34-28;;;/h3-4,7-10,25-28H,5-6H2,1-2H3;;;/q;;2*+1/p-2. The summed E-state index contributed by atoms with van der Waals surface area (Å²) in [7, 11) is -1.36. The van der Waals surface area contributed by atoms with E-state index in [2.05, 4.69) is 39.2 Å². The summed E-state index contributed by atoms with van der Waals surface area (Å²) in [6.45, 7) is -0.389. The molecule has 0 aliphatic carbocycles. The van der Waals surface area contributed by atoms with Crippen LogP contribution < -0.4 is 74.4 Å². The van der Waals surface area contributed by atoms with Gasteiger partial charge in [0.1, 0.15) is 27.8 Å². The summed E-state index contributed by atoms with van der Waals surface area (Å²) in [4.78, 5) is -0.251. The largest absolute Gasteiger partial charge is 1.00 e. The molecule has 0 spiro atoms. The molecule has 16 nitrogen and oxygen atoms in total. The number of rotatable bonds is 14. The van der Waals surface area contributed by atoms with Crippen molar-refractivity contribution in [3.05, 3.63) is 36.4 Å². The van der Waals surface area contributed by atoms with E-state index in [1.165, 1.54) is 26.3 Å². The number of phenolic OH excluding ortho intramolecular Hbond substituents is 2. The van der Waals surface area contributed by atoms with Crippen LogP contribution in [0.25, 0.3) is 10.8 Å². The fraction of sp³-hybridized carbons (Fsp3) is 0.200. The van der Waals surface area contributed by atoms with Gasteiger partial charge in [0.15, 0.2) is 27.9 Å². The summed E-state index contributed by atoms with van der Waals surface area (Å²) in [6, 6.07) is 8.38. The zero-order valence-electron chi connectivity index (χ0n) is 22.2. The summed E-state index contributed by atoms with van der Waals surface area (Å²) in [5, 5.41) is 64.4. The molecule has 221 valence electrons. The van der Waals surface area contributed by atoms with Crippen LogP contribution in [-0.4, -0.2) is 45.1 Å². The van der Waals surface area contributed by atoms with E-state index >= 15 is 0 Å². The molecule has 0 saturated carbocycles. The molecular weight excluding hydrogens is 694 g/mol. The normalized spacial score (nSPS) is 11.3. The van der Waals surface area contributed by atoms with Crippen molar-refractivity contribution >= 4 is 62.0 Å². The molecule has 0 atom stereocenters. The maximum atomic E-state index is 12.7. The number of benzene rings is 3. The molecule has 3 rings (SSSR count). The van der Waals surface area contributed by atoms with E-state index in [0.29, 0.717) is 28.5 Å². The smallest absolute Gasteiger partial charge is 0.691 e. The summed E-state index contributed by atoms with van der Waals surface area (Å²) in [6.07, 6.45) is 0. The number of azo groups is 2. The first kappa shape index (κ1) is 41.4. The Morgan fingerprint density at radius 2 is 1.69 bits per heavy atom. The molecule has 0 bridgehead atoms. The number of fused-ring (bicyclic) bond motifs is 1. The number of ether oxygens (including phenoxy) is 1. The minimum absolute atomic E-state index is 0. The summed E-state index contributed by atoms with van der Waals surface area (Å²) >= 11 is 0.598. The van der Waals surface area contributed by atoms with Gasteiger partial charge in [-0.1, -0.05) is 6.07 Å². The Labute approximate surface area is 302 Å². The van der Waals surface area contributed by atoms with Gasteiger partial charge in [-0.2, -0.15) is 14.6 Å². The van der Waals surface area contributed by atoms with Gasteiger partial charge in [0.2, 0.25) is 0 Å². The molecule has 3 aromatic rings. The van der Waals surface area contributed by atoms with Gasteiger partial charge in [0.25, 0.3) is 0 Å². The van der Waals surface area contributed by atoms with Gasteiger partial charge in [-0.05, 0) is 23.6 Å². The van der Waals surface area contributed by atoms with Crippen molar-refractivity contribution in [3.8, 4) is 17.2 Å². The summed E-state index contributed by atoms with van der Waals surface area (Å²) in [5.74, 6) is -1.69. The predicted molar refractivity (Wildman–Crippen MR) is 131 cm³/mol. The van der Waals surface area contributed by atoms with Gasteiger partial charge >= 0.3 is 59.1 Å². The first-order valence-corrected chi connectivity index (χ1v) is 13.3. The van der Waals surface area contributed by atoms with Crippen LogP contribution in [0.4, 0.5) is 17.1 Å². The maximum Gasteiger partial charge on any atom is 1.00 e. The number of hydrogen-bond donors (Lipinski definition) is 2. The Kier molecular flexibility index (Phi) is 20.2. The average molecular weight is 712 g/mol. The van der Waals surface area contributed by atoms with Crippen LogP contribution in [0.3, 0.4) is 0 Å². The predicted octanol–water partition coefficient (Wildman–Crippen LogP) is -2.80. The molecule has 22 heteroatoms. The van der Waals surface area contributed by atoms with Crippen molar-refractivity contribution in [2.24, 2.45) is 20.5 Å². The molecule has 0 unspecified atom stereocenters. The van der Waals surface area contributed by atoms with E-state index in [-0.39, 0.29) is 128 Å². The van der Waals surface area contributed by atoms with E-state index in [4.69, 9.17) is 8.92 Å². The van der Waals surface area contributed by atoms with E-state index in [1.807, 2.05) is 0 Å². The van der Waals surface area contributed by atoms with Gasteiger partial charge in [0.05, 0.1) is 42.1 Å². The average Bonchev–Trinajstić information content (AvgIpc) is 2.92. The third kappa shape index (κ3) is 11.1. The van der Waals surface area contributed by atoms with Crippen LogP contribution in [0.15, 0.2) is 66.6 Å². The van der Waals surface area contributed by atoms with Crippen LogP contribution in [-0.2, 0) is 49.8 Å². The molecule has 1 radical (unpaired) electrons. The molecule has 0 amide bonds. The van der Waals surface area contributed by atoms with E-state index in [1.54, 1.807) is 12.1 Å². The van der Waals surface area contributed by atoms with Gasteiger partial charge in [-0.25, -0.2) is 8.42 Å². The van der Waals surface area contributed by atoms with Crippen molar-refractivity contribution in [3.63, 3.8) is 0 Å². The first-order valence-electron chi connectivity index (χ1n) is 10.3. The molecule has 0 aliphatic rings. The Hall–Kier alpha value is -0.591. The monoisotopic (exact) mass is 711 g/mol. The number of sulfone groups is 1. The number of hydrogen-bond acceptors (Lipinski definition) is 18. The number of aromatic hydroxyl groups is 2. The maximum absolute atomic E-state index is 12.7. The fourth-order valence-corrected chi connectivity index (χ4v) is 5.24. The molecule has 0 aliphatic heterocycles. The molecule has 42 heavy (non-hydrogen) atoms. The fourth-order valence-electron chi connectivity index (χ4n) is 3.16. The van der Waals surface area contributed by atoms with E-state index in [0.717, 1.165) is 12.1 Å². The number of methoxy groups -OCH3 is 1. The first-order chi connectivity index (χ1) is 18.7. The van der Waals surface area contributed by atoms with Gasteiger partial charge in [-0.15, -0.1) is 14.6 Å². The topological polar surface area (TPSA) is 226 Å². The molecule has 0 aromatic heterocycles. The van der Waals surface area contributed by atoms with E-state index in [9.17, 15) is 29.1 Å².